The van der Waals surface area contributed by atoms with Crippen LogP contribution in [0.25, 0.3) is 10.2 Å². The van der Waals surface area contributed by atoms with E-state index in [1.54, 1.807) is 36.4 Å². The van der Waals surface area contributed by atoms with Crippen LogP contribution in [0.5, 0.6) is 0 Å². The minimum absolute atomic E-state index is 0.220. The summed E-state index contributed by atoms with van der Waals surface area (Å²) in [6.07, 6.45) is 0. The van der Waals surface area contributed by atoms with E-state index in [1.807, 2.05) is 13.0 Å². The summed E-state index contributed by atoms with van der Waals surface area (Å²) in [6, 6.07) is 11.9. The highest BCUT2D eigenvalue weighted by molar-refractivity contribution is 9.10. The molecule has 0 radical (unpaired) electrons. The van der Waals surface area contributed by atoms with E-state index in [-0.39, 0.29) is 4.90 Å². The molecule has 2 aromatic carbocycles. The standard InChI is InChI=1S/C14H11BrN2O2S2/c1-9-16-13-6-5-11(8-14(13)20-9)17-21(18,19)12-4-2-3-10(15)7-12/h2-8,17H,1H3. The van der Waals surface area contributed by atoms with Crippen molar-refractivity contribution >= 4 is 53.2 Å². The van der Waals surface area contributed by atoms with Crippen molar-refractivity contribution in [3.05, 3.63) is 51.9 Å². The molecule has 0 spiro atoms. The van der Waals surface area contributed by atoms with E-state index in [0.717, 1.165) is 19.7 Å². The van der Waals surface area contributed by atoms with Crippen LogP contribution in [0.4, 0.5) is 5.69 Å². The molecule has 7 heteroatoms. The third-order valence-electron chi connectivity index (χ3n) is 2.85. The molecule has 0 saturated carbocycles. The SMILES string of the molecule is Cc1nc2ccc(NS(=O)(=O)c3cccc(Br)c3)cc2s1. The lowest BCUT2D eigenvalue weighted by Gasteiger charge is -2.08. The molecule has 3 aromatic rings. The Bertz CT molecular complexity index is 920. The van der Waals surface area contributed by atoms with Crippen molar-refractivity contribution in [2.45, 2.75) is 11.8 Å². The van der Waals surface area contributed by atoms with Gasteiger partial charge in [0, 0.05) is 4.47 Å². The van der Waals surface area contributed by atoms with Gasteiger partial charge >= 0.3 is 0 Å². The Balaban J connectivity index is 1.96. The molecule has 0 unspecified atom stereocenters. The first-order chi connectivity index (χ1) is 9.94. The van der Waals surface area contributed by atoms with Gasteiger partial charge < -0.3 is 0 Å². The number of hydrogen-bond acceptors (Lipinski definition) is 4. The van der Waals surface area contributed by atoms with E-state index in [4.69, 9.17) is 0 Å². The van der Waals surface area contributed by atoms with E-state index in [2.05, 4.69) is 25.6 Å². The second-order valence-corrected chi connectivity index (χ2v) is 8.31. The molecule has 0 amide bonds. The monoisotopic (exact) mass is 382 g/mol. The average molecular weight is 383 g/mol. The summed E-state index contributed by atoms with van der Waals surface area (Å²) in [5.74, 6) is 0. The number of benzene rings is 2. The fraction of sp³-hybridized carbons (Fsp3) is 0.0714. The van der Waals surface area contributed by atoms with Crippen LogP contribution >= 0.6 is 27.3 Å². The number of nitrogens with zero attached hydrogens (tertiary/aromatic N) is 1. The van der Waals surface area contributed by atoms with Crippen molar-refractivity contribution in [1.29, 1.82) is 0 Å². The topological polar surface area (TPSA) is 59.1 Å². The fourth-order valence-electron chi connectivity index (χ4n) is 1.95. The Morgan fingerprint density at radius 3 is 2.76 bits per heavy atom. The predicted octanol–water partition coefficient (Wildman–Crippen LogP) is 4.17. The number of sulfonamides is 1. The van der Waals surface area contributed by atoms with Gasteiger partial charge in [0.2, 0.25) is 0 Å². The van der Waals surface area contributed by atoms with Gasteiger partial charge in [-0.05, 0) is 43.3 Å². The fourth-order valence-corrected chi connectivity index (χ4v) is 4.46. The molecule has 108 valence electrons. The van der Waals surface area contributed by atoms with Crippen molar-refractivity contribution in [2.24, 2.45) is 0 Å². The number of thiazole rings is 1. The molecule has 0 saturated heterocycles. The summed E-state index contributed by atoms with van der Waals surface area (Å²) in [7, 11) is -3.59. The summed E-state index contributed by atoms with van der Waals surface area (Å²) in [5, 5.41) is 0.956. The highest BCUT2D eigenvalue weighted by Crippen LogP contribution is 2.26. The smallest absolute Gasteiger partial charge is 0.261 e. The Kier molecular flexibility index (Phi) is 3.73. The average Bonchev–Trinajstić information content (AvgIpc) is 2.77. The predicted molar refractivity (Wildman–Crippen MR) is 89.3 cm³/mol. The van der Waals surface area contributed by atoms with Crippen molar-refractivity contribution < 1.29 is 8.42 Å². The zero-order valence-electron chi connectivity index (χ0n) is 11.0. The summed E-state index contributed by atoms with van der Waals surface area (Å²) in [5.41, 5.74) is 1.41. The normalized spacial score (nSPS) is 11.7. The molecule has 21 heavy (non-hydrogen) atoms. The second kappa shape index (κ2) is 5.40. The van der Waals surface area contributed by atoms with E-state index in [9.17, 15) is 8.42 Å². The lowest BCUT2D eigenvalue weighted by molar-refractivity contribution is 0.601. The molecule has 4 nitrogen and oxygen atoms in total. The van der Waals surface area contributed by atoms with Crippen LogP contribution in [-0.2, 0) is 10.0 Å². The summed E-state index contributed by atoms with van der Waals surface area (Å²) < 4.78 is 29.0. The molecular weight excluding hydrogens is 372 g/mol. The Morgan fingerprint density at radius 2 is 2.00 bits per heavy atom. The van der Waals surface area contributed by atoms with Crippen LogP contribution in [0.15, 0.2) is 51.8 Å². The molecule has 1 aromatic heterocycles. The first kappa shape index (κ1) is 14.5. The first-order valence-corrected chi connectivity index (χ1v) is 9.19. The van der Waals surface area contributed by atoms with Crippen LogP contribution < -0.4 is 4.72 Å². The van der Waals surface area contributed by atoms with E-state index < -0.39 is 10.0 Å². The number of anilines is 1. The first-order valence-electron chi connectivity index (χ1n) is 6.10. The van der Waals surface area contributed by atoms with Gasteiger partial charge in [0.25, 0.3) is 10.0 Å². The zero-order valence-corrected chi connectivity index (χ0v) is 14.2. The number of aromatic nitrogens is 1. The molecule has 1 heterocycles. The maximum atomic E-state index is 12.4. The van der Waals surface area contributed by atoms with Gasteiger partial charge in [0.15, 0.2) is 0 Å². The lowest BCUT2D eigenvalue weighted by atomic mass is 10.3. The zero-order chi connectivity index (χ0) is 15.0. The quantitative estimate of drug-likeness (QED) is 0.739. The largest absolute Gasteiger partial charge is 0.280 e. The molecule has 0 aliphatic rings. The minimum atomic E-state index is -3.59. The second-order valence-electron chi connectivity index (χ2n) is 4.48. The van der Waals surface area contributed by atoms with Crippen LogP contribution in [0.3, 0.4) is 0 Å². The van der Waals surface area contributed by atoms with Crippen molar-refractivity contribution in [1.82, 2.24) is 4.98 Å². The molecule has 0 bridgehead atoms. The van der Waals surface area contributed by atoms with Gasteiger partial charge in [0.05, 0.1) is 25.8 Å². The van der Waals surface area contributed by atoms with Crippen LogP contribution in [0, 0.1) is 6.92 Å². The molecule has 3 rings (SSSR count). The highest BCUT2D eigenvalue weighted by Gasteiger charge is 2.15. The molecule has 0 fully saturated rings. The lowest BCUT2D eigenvalue weighted by Crippen LogP contribution is -2.12. The summed E-state index contributed by atoms with van der Waals surface area (Å²) in [4.78, 5) is 4.58. The molecule has 1 N–H and O–H groups in total. The number of halogens is 1. The number of nitrogens with one attached hydrogen (secondary N) is 1. The molecule has 0 atom stereocenters. The highest BCUT2D eigenvalue weighted by atomic mass is 79.9. The molecule has 0 aliphatic carbocycles. The number of fused-ring (bicyclic) bond motifs is 1. The maximum Gasteiger partial charge on any atom is 0.261 e. The maximum absolute atomic E-state index is 12.4. The van der Waals surface area contributed by atoms with Crippen LogP contribution in [0.1, 0.15) is 5.01 Å². The van der Waals surface area contributed by atoms with Gasteiger partial charge in [-0.25, -0.2) is 13.4 Å². The summed E-state index contributed by atoms with van der Waals surface area (Å²) >= 11 is 4.81. The van der Waals surface area contributed by atoms with Crippen LogP contribution in [-0.4, -0.2) is 13.4 Å². The Morgan fingerprint density at radius 1 is 1.19 bits per heavy atom. The van der Waals surface area contributed by atoms with Gasteiger partial charge in [-0.3, -0.25) is 4.72 Å². The van der Waals surface area contributed by atoms with Gasteiger partial charge in [-0.15, -0.1) is 11.3 Å². The minimum Gasteiger partial charge on any atom is -0.280 e. The molecular formula is C14H11BrN2O2S2. The third kappa shape index (κ3) is 3.09. The van der Waals surface area contributed by atoms with Gasteiger partial charge in [0.1, 0.15) is 0 Å². The molecule has 0 aliphatic heterocycles. The summed E-state index contributed by atoms with van der Waals surface area (Å²) in [6.45, 7) is 1.93. The van der Waals surface area contributed by atoms with E-state index in [0.29, 0.717) is 5.69 Å². The van der Waals surface area contributed by atoms with E-state index >= 15 is 0 Å². The van der Waals surface area contributed by atoms with Crippen molar-refractivity contribution in [2.75, 3.05) is 4.72 Å². The number of aryl methyl sites for hydroxylation is 1. The van der Waals surface area contributed by atoms with Gasteiger partial charge in [-0.1, -0.05) is 22.0 Å². The van der Waals surface area contributed by atoms with Crippen molar-refractivity contribution in [3.8, 4) is 0 Å². The van der Waals surface area contributed by atoms with Crippen molar-refractivity contribution in [3.63, 3.8) is 0 Å². The number of hydrogen-bond donors (Lipinski definition) is 1. The third-order valence-corrected chi connectivity index (χ3v) is 5.66. The Hall–Kier alpha value is -1.44. The van der Waals surface area contributed by atoms with Crippen LogP contribution in [0.2, 0.25) is 0 Å². The van der Waals surface area contributed by atoms with Gasteiger partial charge in [-0.2, -0.15) is 0 Å². The Labute approximate surface area is 135 Å². The number of rotatable bonds is 3. The van der Waals surface area contributed by atoms with E-state index in [1.165, 1.54) is 11.3 Å².